The van der Waals surface area contributed by atoms with Crippen LogP contribution in [0.15, 0.2) is 30.6 Å². The summed E-state index contributed by atoms with van der Waals surface area (Å²) in [5.74, 6) is 1.42. The summed E-state index contributed by atoms with van der Waals surface area (Å²) in [4.78, 5) is 35.9. The first-order valence-corrected chi connectivity index (χ1v) is 12.1. The second-order valence-electron chi connectivity index (χ2n) is 9.26. The van der Waals surface area contributed by atoms with E-state index < -0.39 is 6.03 Å². The van der Waals surface area contributed by atoms with E-state index >= 15 is 0 Å². The molecule has 2 aromatic rings. The molecule has 1 unspecified atom stereocenters. The molecule has 1 aliphatic heterocycles. The lowest BCUT2D eigenvalue weighted by molar-refractivity contribution is 0.0936. The largest absolute Gasteiger partial charge is 0.495 e. The number of ether oxygens (including phenoxy) is 1. The van der Waals surface area contributed by atoms with Crippen molar-refractivity contribution in [3.63, 3.8) is 0 Å². The molecule has 4 rings (SSSR count). The van der Waals surface area contributed by atoms with Crippen LogP contribution in [-0.4, -0.2) is 59.6 Å². The van der Waals surface area contributed by atoms with Crippen LogP contribution >= 0.6 is 0 Å². The third-order valence-electron chi connectivity index (χ3n) is 6.58. The summed E-state index contributed by atoms with van der Waals surface area (Å²) in [7, 11) is 1.51. The predicted molar refractivity (Wildman–Crippen MR) is 131 cm³/mol. The molecule has 1 atom stereocenters. The van der Waals surface area contributed by atoms with Crippen molar-refractivity contribution in [3.05, 3.63) is 41.9 Å². The molecule has 0 bridgehead atoms. The van der Waals surface area contributed by atoms with Gasteiger partial charge in [-0.15, -0.1) is 0 Å². The molecule has 1 saturated heterocycles. The molecule has 3 amide bonds. The van der Waals surface area contributed by atoms with E-state index in [-0.39, 0.29) is 11.9 Å². The molecule has 1 saturated carbocycles. The molecule has 2 aliphatic rings. The zero-order valence-corrected chi connectivity index (χ0v) is 20.0. The van der Waals surface area contributed by atoms with E-state index in [0.717, 1.165) is 37.7 Å². The SMILES string of the molecule is COc1cc(C(=O)NC2CCN(CC3CCCCC3)C2)ccc1NC(=O)Nc1cnc(C)cn1. The van der Waals surface area contributed by atoms with Crippen LogP contribution in [0.25, 0.3) is 0 Å². The molecule has 182 valence electrons. The molecule has 34 heavy (non-hydrogen) atoms. The van der Waals surface area contributed by atoms with Gasteiger partial charge in [0.15, 0.2) is 5.82 Å². The standard InChI is InChI=1S/C25H34N6O3/c1-17-13-27-23(14-26-17)30-25(33)29-21-9-8-19(12-22(21)34-2)24(32)28-20-10-11-31(16-20)15-18-6-4-3-5-7-18/h8-9,12-14,18,20H,3-7,10-11,15-16H2,1-2H3,(H,28,32)(H2,27,29,30,33). The predicted octanol–water partition coefficient (Wildman–Crippen LogP) is 3.82. The zero-order valence-electron chi connectivity index (χ0n) is 20.0. The van der Waals surface area contributed by atoms with Crippen molar-refractivity contribution in [1.82, 2.24) is 20.2 Å². The minimum absolute atomic E-state index is 0.131. The maximum atomic E-state index is 12.9. The molecular weight excluding hydrogens is 432 g/mol. The highest BCUT2D eigenvalue weighted by Crippen LogP contribution is 2.27. The van der Waals surface area contributed by atoms with Gasteiger partial charge in [-0.2, -0.15) is 0 Å². The Morgan fingerprint density at radius 3 is 2.65 bits per heavy atom. The first-order chi connectivity index (χ1) is 16.5. The number of anilines is 2. The van der Waals surface area contributed by atoms with Gasteiger partial charge in [0.05, 0.1) is 30.9 Å². The first-order valence-electron chi connectivity index (χ1n) is 12.1. The Morgan fingerprint density at radius 2 is 1.91 bits per heavy atom. The smallest absolute Gasteiger partial charge is 0.324 e. The highest BCUT2D eigenvalue weighted by molar-refractivity contribution is 6.01. The fourth-order valence-corrected chi connectivity index (χ4v) is 4.78. The Balaban J connectivity index is 1.30. The summed E-state index contributed by atoms with van der Waals surface area (Å²) in [5, 5.41) is 8.51. The lowest BCUT2D eigenvalue weighted by Gasteiger charge is -2.26. The van der Waals surface area contributed by atoms with Crippen LogP contribution in [0.1, 0.15) is 54.6 Å². The number of urea groups is 1. The van der Waals surface area contributed by atoms with Crippen LogP contribution in [-0.2, 0) is 0 Å². The highest BCUT2D eigenvalue weighted by Gasteiger charge is 2.27. The van der Waals surface area contributed by atoms with E-state index in [0.29, 0.717) is 22.8 Å². The zero-order chi connectivity index (χ0) is 23.9. The third kappa shape index (κ3) is 6.44. The number of amides is 3. The fourth-order valence-electron chi connectivity index (χ4n) is 4.78. The van der Waals surface area contributed by atoms with E-state index in [1.165, 1.54) is 45.4 Å². The molecule has 0 spiro atoms. The van der Waals surface area contributed by atoms with Gasteiger partial charge in [-0.1, -0.05) is 19.3 Å². The van der Waals surface area contributed by atoms with Crippen LogP contribution in [0.5, 0.6) is 5.75 Å². The summed E-state index contributed by atoms with van der Waals surface area (Å²) in [6.07, 6.45) is 10.8. The number of hydrogen-bond donors (Lipinski definition) is 3. The van der Waals surface area contributed by atoms with Gasteiger partial charge in [0.2, 0.25) is 0 Å². The van der Waals surface area contributed by atoms with Crippen molar-refractivity contribution >= 4 is 23.4 Å². The Bertz CT molecular complexity index is 991. The van der Waals surface area contributed by atoms with Crippen molar-refractivity contribution in [3.8, 4) is 5.75 Å². The Labute approximate surface area is 200 Å². The molecule has 3 N–H and O–H groups in total. The number of nitrogens with zero attached hydrogens (tertiary/aromatic N) is 3. The molecule has 2 heterocycles. The number of likely N-dealkylation sites (tertiary alicyclic amines) is 1. The minimum Gasteiger partial charge on any atom is -0.495 e. The van der Waals surface area contributed by atoms with Crippen LogP contribution < -0.4 is 20.7 Å². The van der Waals surface area contributed by atoms with Gasteiger partial charge in [-0.25, -0.2) is 9.78 Å². The second kappa shape index (κ2) is 11.3. The van der Waals surface area contributed by atoms with E-state index in [9.17, 15) is 9.59 Å². The number of aromatic nitrogens is 2. The topological polar surface area (TPSA) is 108 Å². The molecule has 0 radical (unpaired) electrons. The minimum atomic E-state index is -0.474. The number of rotatable bonds is 7. The number of aryl methyl sites for hydroxylation is 1. The molecule has 9 nitrogen and oxygen atoms in total. The van der Waals surface area contributed by atoms with Gasteiger partial charge in [-0.3, -0.25) is 15.1 Å². The van der Waals surface area contributed by atoms with Gasteiger partial charge in [0.1, 0.15) is 5.75 Å². The van der Waals surface area contributed by atoms with Gasteiger partial charge in [0, 0.05) is 31.2 Å². The highest BCUT2D eigenvalue weighted by atomic mass is 16.5. The van der Waals surface area contributed by atoms with Crippen molar-refractivity contribution in [2.24, 2.45) is 5.92 Å². The number of carbonyl (C=O) groups excluding carboxylic acids is 2. The quantitative estimate of drug-likeness (QED) is 0.572. The van der Waals surface area contributed by atoms with Crippen LogP contribution in [0.2, 0.25) is 0 Å². The number of carbonyl (C=O) groups is 2. The van der Waals surface area contributed by atoms with E-state index in [1.807, 2.05) is 6.92 Å². The second-order valence-corrected chi connectivity index (χ2v) is 9.26. The summed E-state index contributed by atoms with van der Waals surface area (Å²) in [5.41, 5.74) is 1.71. The molecule has 1 aliphatic carbocycles. The van der Waals surface area contributed by atoms with E-state index in [2.05, 4.69) is 30.8 Å². The van der Waals surface area contributed by atoms with Crippen molar-refractivity contribution in [2.45, 2.75) is 51.5 Å². The molecule has 2 fully saturated rings. The average molecular weight is 467 g/mol. The summed E-state index contributed by atoms with van der Waals surface area (Å²) >= 11 is 0. The van der Waals surface area contributed by atoms with Crippen molar-refractivity contribution in [1.29, 1.82) is 0 Å². The van der Waals surface area contributed by atoms with Crippen LogP contribution in [0.4, 0.5) is 16.3 Å². The Morgan fingerprint density at radius 1 is 1.09 bits per heavy atom. The van der Waals surface area contributed by atoms with Crippen LogP contribution in [0, 0.1) is 12.8 Å². The average Bonchev–Trinajstić information content (AvgIpc) is 3.27. The van der Waals surface area contributed by atoms with Crippen LogP contribution in [0.3, 0.4) is 0 Å². The monoisotopic (exact) mass is 466 g/mol. The maximum absolute atomic E-state index is 12.9. The summed E-state index contributed by atoms with van der Waals surface area (Å²) < 4.78 is 5.42. The Kier molecular flexibility index (Phi) is 7.95. The normalized spacial score (nSPS) is 18.9. The molecule has 1 aromatic carbocycles. The van der Waals surface area contributed by atoms with Gasteiger partial charge in [-0.05, 0) is 50.3 Å². The van der Waals surface area contributed by atoms with E-state index in [1.54, 1.807) is 24.4 Å². The van der Waals surface area contributed by atoms with Gasteiger partial charge >= 0.3 is 6.03 Å². The third-order valence-corrected chi connectivity index (χ3v) is 6.58. The summed E-state index contributed by atoms with van der Waals surface area (Å²) in [6.45, 7) is 4.91. The number of nitrogens with one attached hydrogen (secondary N) is 3. The maximum Gasteiger partial charge on any atom is 0.324 e. The molecular formula is C25H34N6O3. The lowest BCUT2D eigenvalue weighted by Crippen LogP contribution is -2.38. The molecule has 1 aromatic heterocycles. The lowest BCUT2D eigenvalue weighted by atomic mass is 9.89. The van der Waals surface area contributed by atoms with E-state index in [4.69, 9.17) is 4.74 Å². The first kappa shape index (κ1) is 23.9. The number of methoxy groups -OCH3 is 1. The number of benzene rings is 1. The van der Waals surface area contributed by atoms with Crippen molar-refractivity contribution in [2.75, 3.05) is 37.4 Å². The van der Waals surface area contributed by atoms with Gasteiger partial charge < -0.3 is 20.3 Å². The Hall–Kier alpha value is -3.20. The van der Waals surface area contributed by atoms with Gasteiger partial charge in [0.25, 0.3) is 5.91 Å². The van der Waals surface area contributed by atoms with Crippen molar-refractivity contribution < 1.29 is 14.3 Å². The fraction of sp³-hybridized carbons (Fsp3) is 0.520. The summed E-state index contributed by atoms with van der Waals surface area (Å²) in [6, 6.07) is 4.68. The number of hydrogen-bond acceptors (Lipinski definition) is 6. The molecule has 9 heteroatoms.